The van der Waals surface area contributed by atoms with E-state index in [1.807, 2.05) is 0 Å². The second kappa shape index (κ2) is 4.85. The Bertz CT molecular complexity index is 142. The maximum absolute atomic E-state index is 10.2. The molecule has 0 aromatic heterocycles. The van der Waals surface area contributed by atoms with Crippen LogP contribution in [-0.4, -0.2) is 29.1 Å². The lowest BCUT2D eigenvalue weighted by Gasteiger charge is -2.12. The van der Waals surface area contributed by atoms with Crippen molar-refractivity contribution in [3.05, 3.63) is 0 Å². The zero-order valence-corrected chi connectivity index (χ0v) is 7.45. The maximum atomic E-state index is 10.2. The lowest BCUT2D eigenvalue weighted by Crippen LogP contribution is -2.14. The first-order valence-corrected chi connectivity index (χ1v) is 4.80. The van der Waals surface area contributed by atoms with Gasteiger partial charge in [0.2, 0.25) is 0 Å². The van der Waals surface area contributed by atoms with E-state index in [-0.39, 0.29) is 6.61 Å². The summed E-state index contributed by atoms with van der Waals surface area (Å²) in [6.45, 7) is 4.04. The highest BCUT2D eigenvalue weighted by Gasteiger charge is 2.18. The molecule has 5 nitrogen and oxygen atoms in total. The normalized spacial score (nSPS) is 14.9. The molecule has 0 saturated heterocycles. The van der Waals surface area contributed by atoms with Crippen molar-refractivity contribution in [1.82, 2.24) is 0 Å². The first-order chi connectivity index (χ1) is 4.95. The lowest BCUT2D eigenvalue weighted by molar-refractivity contribution is 0.0474. The third-order valence-corrected chi connectivity index (χ3v) is 1.51. The molecule has 1 unspecified atom stereocenters. The van der Waals surface area contributed by atoms with Crippen LogP contribution in [0.25, 0.3) is 0 Å². The van der Waals surface area contributed by atoms with Gasteiger partial charge in [-0.05, 0) is 13.8 Å². The minimum atomic E-state index is -4.34. The molecular weight excluding hydrogens is 171 g/mol. The summed E-state index contributed by atoms with van der Waals surface area (Å²) >= 11 is 0. The maximum Gasteiger partial charge on any atom is 0.469 e. The van der Waals surface area contributed by atoms with E-state index in [0.29, 0.717) is 6.61 Å². The highest BCUT2D eigenvalue weighted by Crippen LogP contribution is 2.37. The van der Waals surface area contributed by atoms with Crippen LogP contribution in [-0.2, 0) is 13.8 Å². The Balaban J connectivity index is 3.52. The molecule has 2 N–H and O–H groups in total. The standard InChI is InChI=1S/C5H13O5P/c1-3-9-4-5(2)10-11(6,7)8/h5H,3-4H2,1-2H3,(H2,6,7,8). The van der Waals surface area contributed by atoms with E-state index in [9.17, 15) is 4.57 Å². The van der Waals surface area contributed by atoms with Crippen LogP contribution in [0.3, 0.4) is 0 Å². The van der Waals surface area contributed by atoms with Crippen molar-refractivity contribution in [2.45, 2.75) is 20.0 Å². The number of hydrogen-bond acceptors (Lipinski definition) is 3. The van der Waals surface area contributed by atoms with E-state index in [1.54, 1.807) is 6.92 Å². The summed E-state index contributed by atoms with van der Waals surface area (Å²) in [7, 11) is -4.34. The topological polar surface area (TPSA) is 76.0 Å². The smallest absolute Gasteiger partial charge is 0.379 e. The molecule has 11 heavy (non-hydrogen) atoms. The second-order valence-electron chi connectivity index (χ2n) is 2.07. The van der Waals surface area contributed by atoms with E-state index in [0.717, 1.165) is 0 Å². The molecule has 0 rings (SSSR count). The third-order valence-electron chi connectivity index (χ3n) is 0.874. The molecule has 0 fully saturated rings. The Kier molecular flexibility index (Phi) is 4.88. The van der Waals surface area contributed by atoms with Gasteiger partial charge in [0.25, 0.3) is 0 Å². The fraction of sp³-hybridized carbons (Fsp3) is 1.00. The van der Waals surface area contributed by atoms with Gasteiger partial charge in [0.1, 0.15) is 0 Å². The van der Waals surface area contributed by atoms with Crippen LogP contribution in [0.15, 0.2) is 0 Å². The molecule has 0 heterocycles. The van der Waals surface area contributed by atoms with Gasteiger partial charge in [-0.3, -0.25) is 4.52 Å². The molecule has 1 atom stereocenters. The van der Waals surface area contributed by atoms with Crippen molar-refractivity contribution in [1.29, 1.82) is 0 Å². The van der Waals surface area contributed by atoms with Crippen LogP contribution in [0.5, 0.6) is 0 Å². The van der Waals surface area contributed by atoms with Gasteiger partial charge in [0, 0.05) is 6.61 Å². The van der Waals surface area contributed by atoms with Crippen LogP contribution in [0.4, 0.5) is 0 Å². The van der Waals surface area contributed by atoms with Gasteiger partial charge in [0.15, 0.2) is 0 Å². The predicted octanol–water partition coefficient (Wildman–Crippen LogP) is 0.521. The summed E-state index contributed by atoms with van der Waals surface area (Å²) in [5.41, 5.74) is 0. The van der Waals surface area contributed by atoms with Gasteiger partial charge in [-0.15, -0.1) is 0 Å². The summed E-state index contributed by atoms with van der Waals surface area (Å²) in [4.78, 5) is 16.6. The van der Waals surface area contributed by atoms with Crippen molar-refractivity contribution in [2.24, 2.45) is 0 Å². The SMILES string of the molecule is CCOCC(C)OP(=O)(O)O. The van der Waals surface area contributed by atoms with Crippen molar-refractivity contribution < 1.29 is 23.6 Å². The van der Waals surface area contributed by atoms with Crippen LogP contribution in [0.1, 0.15) is 13.8 Å². The number of phosphoric ester groups is 1. The zero-order chi connectivity index (χ0) is 8.91. The molecule has 6 heteroatoms. The van der Waals surface area contributed by atoms with Crippen LogP contribution >= 0.6 is 7.82 Å². The highest BCUT2D eigenvalue weighted by molar-refractivity contribution is 7.46. The number of hydrogen-bond donors (Lipinski definition) is 2. The van der Waals surface area contributed by atoms with Crippen LogP contribution in [0.2, 0.25) is 0 Å². The van der Waals surface area contributed by atoms with Gasteiger partial charge in [-0.2, -0.15) is 0 Å². The van der Waals surface area contributed by atoms with Crippen molar-refractivity contribution >= 4 is 7.82 Å². The molecule has 0 saturated carbocycles. The summed E-state index contributed by atoms with van der Waals surface area (Å²) in [6, 6.07) is 0. The monoisotopic (exact) mass is 184 g/mol. The van der Waals surface area contributed by atoms with Gasteiger partial charge >= 0.3 is 7.82 Å². The quantitative estimate of drug-likeness (QED) is 0.609. The Morgan fingerprint density at radius 3 is 2.45 bits per heavy atom. The first-order valence-electron chi connectivity index (χ1n) is 3.27. The fourth-order valence-electron chi connectivity index (χ4n) is 0.549. The van der Waals surface area contributed by atoms with Crippen molar-refractivity contribution in [3.63, 3.8) is 0 Å². The van der Waals surface area contributed by atoms with Crippen molar-refractivity contribution in [2.75, 3.05) is 13.2 Å². The highest BCUT2D eigenvalue weighted by atomic mass is 31.2. The van der Waals surface area contributed by atoms with Gasteiger partial charge in [0.05, 0.1) is 12.7 Å². The Morgan fingerprint density at radius 1 is 1.55 bits per heavy atom. The molecule has 0 radical (unpaired) electrons. The third kappa shape index (κ3) is 7.97. The van der Waals surface area contributed by atoms with Crippen LogP contribution in [0, 0.1) is 0 Å². The largest absolute Gasteiger partial charge is 0.469 e. The van der Waals surface area contributed by atoms with E-state index in [1.165, 1.54) is 6.92 Å². The molecule has 0 aromatic carbocycles. The Morgan fingerprint density at radius 2 is 2.09 bits per heavy atom. The molecule has 68 valence electrons. The summed E-state index contributed by atoms with van der Waals surface area (Å²) in [5.74, 6) is 0. The molecule has 0 aromatic rings. The molecule has 0 spiro atoms. The van der Waals surface area contributed by atoms with E-state index in [4.69, 9.17) is 14.5 Å². The number of ether oxygens (including phenoxy) is 1. The molecule has 0 aliphatic rings. The minimum absolute atomic E-state index is 0.196. The van der Waals surface area contributed by atoms with Gasteiger partial charge < -0.3 is 14.5 Å². The zero-order valence-electron chi connectivity index (χ0n) is 6.56. The predicted molar refractivity (Wildman–Crippen MR) is 39.1 cm³/mol. The van der Waals surface area contributed by atoms with Crippen molar-refractivity contribution in [3.8, 4) is 0 Å². The average Bonchev–Trinajstić information content (AvgIpc) is 1.79. The van der Waals surface area contributed by atoms with Gasteiger partial charge in [-0.25, -0.2) is 4.57 Å². The number of rotatable bonds is 5. The summed E-state index contributed by atoms with van der Waals surface area (Å²) in [6.07, 6.45) is -0.573. The fourth-order valence-corrected chi connectivity index (χ4v) is 1.08. The molecule has 0 bridgehead atoms. The lowest BCUT2D eigenvalue weighted by atomic mass is 10.4. The Hall–Kier alpha value is 0.0700. The van der Waals surface area contributed by atoms with Gasteiger partial charge in [-0.1, -0.05) is 0 Å². The van der Waals surface area contributed by atoms with E-state index >= 15 is 0 Å². The molecular formula is C5H13O5P. The Labute approximate surface area is 65.6 Å². The molecule has 0 aliphatic carbocycles. The molecule has 0 aliphatic heterocycles. The summed E-state index contributed by atoms with van der Waals surface area (Å²) in [5, 5.41) is 0. The number of phosphoric acid groups is 1. The second-order valence-corrected chi connectivity index (χ2v) is 3.26. The average molecular weight is 184 g/mol. The first kappa shape index (κ1) is 11.1. The van der Waals surface area contributed by atoms with E-state index in [2.05, 4.69) is 4.52 Å². The van der Waals surface area contributed by atoms with Crippen LogP contribution < -0.4 is 0 Å². The summed E-state index contributed by atoms with van der Waals surface area (Å²) < 4.78 is 19.4. The van der Waals surface area contributed by atoms with E-state index < -0.39 is 13.9 Å². The minimum Gasteiger partial charge on any atom is -0.379 e. The molecule has 0 amide bonds.